The molecule has 3 rings (SSSR count). The number of ether oxygens (including phenoxy) is 2. The fraction of sp³-hybridized carbons (Fsp3) is 0.423. The van der Waals surface area contributed by atoms with Crippen LogP contribution < -0.4 is 9.47 Å². The molecule has 0 aromatic heterocycles. The molecule has 0 heterocycles. The highest BCUT2D eigenvalue weighted by atomic mass is 16.5. The van der Waals surface area contributed by atoms with Crippen LogP contribution in [0.15, 0.2) is 24.3 Å². The quantitative estimate of drug-likeness (QED) is 0.690. The predicted octanol–water partition coefficient (Wildman–Crippen LogP) is 4.59. The summed E-state index contributed by atoms with van der Waals surface area (Å²) in [4.78, 5) is 40.4. The van der Waals surface area contributed by atoms with Crippen LogP contribution in [0.25, 0.3) is 0 Å². The zero-order valence-electron chi connectivity index (χ0n) is 19.9. The molecule has 0 fully saturated rings. The summed E-state index contributed by atoms with van der Waals surface area (Å²) >= 11 is 0. The van der Waals surface area contributed by atoms with Crippen molar-refractivity contribution in [2.75, 3.05) is 14.2 Å². The highest BCUT2D eigenvalue weighted by Crippen LogP contribution is 2.41. The Morgan fingerprint density at radius 2 is 1.09 bits per heavy atom. The number of hydrogen-bond donors (Lipinski definition) is 1. The standard InChI is InChI=1S/C26H30O6/c1-25(2,3)13-9-15-19(27)21(29)17-11-14(26(4,5)6)12-18(24(17)32-8)22(30)20(28)16(10-13)23(15)31-7/h9-12,19,27H,1-8H3. The summed E-state index contributed by atoms with van der Waals surface area (Å²) in [6.07, 6.45) is -1.61. The smallest absolute Gasteiger partial charge is 0.237 e. The maximum absolute atomic E-state index is 13.5. The van der Waals surface area contributed by atoms with Crippen LogP contribution in [-0.2, 0) is 10.8 Å². The molecule has 1 N–H and O–H groups in total. The van der Waals surface area contributed by atoms with E-state index >= 15 is 0 Å². The largest absolute Gasteiger partial charge is 0.496 e. The molecule has 2 aromatic carbocycles. The average molecular weight is 439 g/mol. The second-order valence-electron chi connectivity index (χ2n) is 10.2. The van der Waals surface area contributed by atoms with Crippen LogP contribution in [0.5, 0.6) is 11.5 Å². The number of hydrogen-bond acceptors (Lipinski definition) is 6. The minimum atomic E-state index is -1.61. The first-order valence-electron chi connectivity index (χ1n) is 10.5. The van der Waals surface area contributed by atoms with Gasteiger partial charge >= 0.3 is 0 Å². The summed E-state index contributed by atoms with van der Waals surface area (Å²) in [5.74, 6) is -2.20. The van der Waals surface area contributed by atoms with Gasteiger partial charge in [-0.1, -0.05) is 41.5 Å². The lowest BCUT2D eigenvalue weighted by atomic mass is 9.79. The first-order chi connectivity index (χ1) is 14.7. The van der Waals surface area contributed by atoms with Crippen LogP contribution in [0.4, 0.5) is 0 Å². The molecule has 0 aliphatic heterocycles. The van der Waals surface area contributed by atoms with E-state index in [1.54, 1.807) is 24.3 Å². The fourth-order valence-electron chi connectivity index (χ4n) is 3.85. The molecule has 170 valence electrons. The van der Waals surface area contributed by atoms with E-state index < -0.39 is 34.3 Å². The zero-order chi connectivity index (χ0) is 24.2. The van der Waals surface area contributed by atoms with Crippen molar-refractivity contribution in [2.45, 2.75) is 58.5 Å². The average Bonchev–Trinajstić information content (AvgIpc) is 2.73. The Hall–Kier alpha value is -2.99. The number of fused-ring (bicyclic) bond motifs is 4. The number of methoxy groups -OCH3 is 2. The third-order valence-corrected chi connectivity index (χ3v) is 5.85. The molecule has 6 heteroatoms. The Bertz CT molecular complexity index is 1130. The topological polar surface area (TPSA) is 89.9 Å². The second kappa shape index (κ2) is 7.85. The van der Waals surface area contributed by atoms with Crippen molar-refractivity contribution in [3.05, 3.63) is 57.6 Å². The molecule has 6 nitrogen and oxygen atoms in total. The van der Waals surface area contributed by atoms with Gasteiger partial charge in [0, 0.05) is 5.56 Å². The Kier molecular flexibility index (Phi) is 5.81. The van der Waals surface area contributed by atoms with E-state index in [0.717, 1.165) is 0 Å². The third kappa shape index (κ3) is 3.84. The summed E-state index contributed by atoms with van der Waals surface area (Å²) in [7, 11) is 2.68. The number of carbonyl (C=O) groups is 3. The maximum atomic E-state index is 13.5. The summed E-state index contributed by atoms with van der Waals surface area (Å²) in [6, 6.07) is 6.46. The van der Waals surface area contributed by atoms with Crippen molar-refractivity contribution in [3.63, 3.8) is 0 Å². The van der Waals surface area contributed by atoms with E-state index in [9.17, 15) is 19.5 Å². The van der Waals surface area contributed by atoms with E-state index in [0.29, 0.717) is 11.1 Å². The van der Waals surface area contributed by atoms with Crippen molar-refractivity contribution in [1.82, 2.24) is 0 Å². The van der Waals surface area contributed by atoms with Gasteiger partial charge < -0.3 is 14.6 Å². The highest BCUT2D eigenvalue weighted by molar-refractivity contribution is 6.50. The van der Waals surface area contributed by atoms with Crippen LogP contribution in [0, 0.1) is 0 Å². The minimum absolute atomic E-state index is 0.00728. The van der Waals surface area contributed by atoms with Gasteiger partial charge in [-0.15, -0.1) is 0 Å². The molecule has 32 heavy (non-hydrogen) atoms. The summed E-state index contributed by atoms with van der Waals surface area (Å²) in [6.45, 7) is 11.6. The van der Waals surface area contributed by atoms with E-state index in [1.165, 1.54) is 14.2 Å². The lowest BCUT2D eigenvalue weighted by molar-refractivity contribution is 0.0733. The summed E-state index contributed by atoms with van der Waals surface area (Å²) < 4.78 is 10.9. The fourth-order valence-corrected chi connectivity index (χ4v) is 3.85. The number of Topliss-reactive ketones (excluding diaryl/α,β-unsaturated/α-hetero) is 3. The van der Waals surface area contributed by atoms with E-state index in [-0.39, 0.29) is 33.8 Å². The molecular formula is C26H30O6. The number of rotatable bonds is 2. The molecule has 4 bridgehead atoms. The molecule has 0 saturated carbocycles. The number of aliphatic hydroxyl groups excluding tert-OH is 1. The van der Waals surface area contributed by atoms with Crippen LogP contribution in [-0.4, -0.2) is 36.7 Å². The number of carbonyl (C=O) groups excluding carboxylic acids is 3. The van der Waals surface area contributed by atoms with Gasteiger partial charge in [0.25, 0.3) is 0 Å². The van der Waals surface area contributed by atoms with Crippen LogP contribution in [0.1, 0.15) is 95.4 Å². The first kappa shape index (κ1) is 23.7. The second-order valence-corrected chi connectivity index (χ2v) is 10.2. The molecule has 1 aliphatic rings. The van der Waals surface area contributed by atoms with Crippen molar-refractivity contribution in [3.8, 4) is 11.5 Å². The van der Waals surface area contributed by atoms with Crippen LogP contribution >= 0.6 is 0 Å². The van der Waals surface area contributed by atoms with Crippen molar-refractivity contribution in [2.24, 2.45) is 0 Å². The number of ketones is 3. The normalized spacial score (nSPS) is 16.8. The van der Waals surface area contributed by atoms with Gasteiger partial charge in [-0.05, 0) is 46.2 Å². The van der Waals surface area contributed by atoms with Crippen LogP contribution in [0.2, 0.25) is 0 Å². The molecule has 2 aromatic rings. The first-order valence-corrected chi connectivity index (χ1v) is 10.5. The molecule has 0 amide bonds. The molecule has 0 spiro atoms. The van der Waals surface area contributed by atoms with Crippen molar-refractivity contribution in [1.29, 1.82) is 0 Å². The molecule has 1 atom stereocenters. The third-order valence-electron chi connectivity index (χ3n) is 5.85. The monoisotopic (exact) mass is 438 g/mol. The van der Waals surface area contributed by atoms with Gasteiger partial charge in [0.05, 0.1) is 30.9 Å². The Balaban J connectivity index is 2.47. The maximum Gasteiger partial charge on any atom is 0.237 e. The van der Waals surface area contributed by atoms with E-state index in [1.807, 2.05) is 41.5 Å². The van der Waals surface area contributed by atoms with Gasteiger partial charge in [0.2, 0.25) is 11.6 Å². The van der Waals surface area contributed by atoms with Gasteiger partial charge in [-0.2, -0.15) is 0 Å². The number of benzene rings is 2. The van der Waals surface area contributed by atoms with Crippen molar-refractivity contribution < 1.29 is 29.0 Å². The van der Waals surface area contributed by atoms with Gasteiger partial charge in [0.1, 0.15) is 17.6 Å². The van der Waals surface area contributed by atoms with E-state index in [4.69, 9.17) is 9.47 Å². The number of aliphatic hydroxyl groups is 1. The predicted molar refractivity (Wildman–Crippen MR) is 121 cm³/mol. The SMILES string of the molecule is COc1c2cc(C(C)(C)C)cc1C(=O)C(O)c1cc(C(C)(C)C)cc(c1OC)C(=O)C2=O. The Morgan fingerprint density at radius 3 is 1.53 bits per heavy atom. The Morgan fingerprint density at radius 1 is 0.688 bits per heavy atom. The zero-order valence-corrected chi connectivity index (χ0v) is 19.9. The Labute approximate surface area is 188 Å². The molecule has 0 saturated heterocycles. The highest BCUT2D eigenvalue weighted by Gasteiger charge is 2.37. The van der Waals surface area contributed by atoms with E-state index in [2.05, 4.69) is 0 Å². The van der Waals surface area contributed by atoms with Crippen molar-refractivity contribution >= 4 is 17.3 Å². The minimum Gasteiger partial charge on any atom is -0.496 e. The molecule has 1 unspecified atom stereocenters. The molecular weight excluding hydrogens is 408 g/mol. The summed E-state index contributed by atoms with van der Waals surface area (Å²) in [5.41, 5.74) is 0.755. The van der Waals surface area contributed by atoms with Gasteiger partial charge in [-0.25, -0.2) is 0 Å². The lowest BCUT2D eigenvalue weighted by Gasteiger charge is -2.27. The molecule has 0 radical (unpaired) electrons. The van der Waals surface area contributed by atoms with Gasteiger partial charge in [0.15, 0.2) is 5.78 Å². The lowest BCUT2D eigenvalue weighted by Crippen LogP contribution is -2.26. The van der Waals surface area contributed by atoms with Crippen LogP contribution in [0.3, 0.4) is 0 Å². The molecule has 1 aliphatic carbocycles. The summed E-state index contributed by atoms with van der Waals surface area (Å²) in [5, 5.41) is 11.2. The van der Waals surface area contributed by atoms with Gasteiger partial charge in [-0.3, -0.25) is 14.4 Å².